The van der Waals surface area contributed by atoms with Crippen molar-refractivity contribution < 1.29 is 27.9 Å². The van der Waals surface area contributed by atoms with Crippen LogP contribution in [0.5, 0.6) is 5.75 Å². The number of amides is 1. The maximum atomic E-state index is 13.0. The molecule has 0 spiro atoms. The van der Waals surface area contributed by atoms with Gasteiger partial charge in [-0.2, -0.15) is 0 Å². The molecule has 0 aliphatic carbocycles. The second-order valence-electron chi connectivity index (χ2n) is 6.67. The Morgan fingerprint density at radius 3 is 2.41 bits per heavy atom. The van der Waals surface area contributed by atoms with Crippen LogP contribution in [0.15, 0.2) is 47.4 Å². The Morgan fingerprint density at radius 2 is 1.76 bits per heavy atom. The van der Waals surface area contributed by atoms with Crippen LogP contribution in [0.2, 0.25) is 0 Å². The number of nitrogens with one attached hydrogen (secondary N) is 1. The van der Waals surface area contributed by atoms with Gasteiger partial charge >= 0.3 is 5.97 Å². The van der Waals surface area contributed by atoms with Crippen LogP contribution in [0.25, 0.3) is 0 Å². The van der Waals surface area contributed by atoms with Crippen molar-refractivity contribution in [3.63, 3.8) is 0 Å². The average molecular weight is 418 g/mol. The number of methoxy groups -OCH3 is 1. The quantitative estimate of drug-likeness (QED) is 0.746. The van der Waals surface area contributed by atoms with Crippen LogP contribution in [0, 0.1) is 0 Å². The fraction of sp³-hybridized carbons (Fsp3) is 0.300. The van der Waals surface area contributed by atoms with Gasteiger partial charge in [0.05, 0.1) is 23.9 Å². The van der Waals surface area contributed by atoms with E-state index >= 15 is 0 Å². The number of benzene rings is 2. The third-order valence-electron chi connectivity index (χ3n) is 4.75. The molecule has 0 saturated carbocycles. The minimum atomic E-state index is -4.21. The molecule has 154 valence electrons. The molecule has 1 fully saturated rings. The minimum Gasteiger partial charge on any atom is -0.495 e. The zero-order valence-corrected chi connectivity index (χ0v) is 16.7. The second kappa shape index (κ2) is 8.52. The van der Waals surface area contributed by atoms with Crippen molar-refractivity contribution >= 4 is 27.6 Å². The number of carbonyl (C=O) groups is 2. The topological polar surface area (TPSA) is 113 Å². The largest absolute Gasteiger partial charge is 0.495 e. The number of carboxylic acid groups (broad SMARTS) is 1. The lowest BCUT2D eigenvalue weighted by atomic mass is 10.1. The number of rotatable bonds is 6. The number of nitrogens with zero attached hydrogens (tertiary/aromatic N) is 1. The molecule has 8 nitrogen and oxygen atoms in total. The number of sulfonamides is 1. The molecule has 1 aliphatic heterocycles. The van der Waals surface area contributed by atoms with E-state index in [-0.39, 0.29) is 33.4 Å². The van der Waals surface area contributed by atoms with E-state index in [1.165, 1.54) is 25.3 Å². The number of hydrogen-bond acceptors (Lipinski definition) is 5. The lowest BCUT2D eigenvalue weighted by Crippen LogP contribution is -2.36. The summed E-state index contributed by atoms with van der Waals surface area (Å²) in [6, 6.07) is 9.92. The van der Waals surface area contributed by atoms with E-state index in [1.807, 2.05) is 0 Å². The van der Waals surface area contributed by atoms with Crippen LogP contribution in [0.4, 0.5) is 5.69 Å². The summed E-state index contributed by atoms with van der Waals surface area (Å²) in [4.78, 5) is 25.5. The van der Waals surface area contributed by atoms with Crippen LogP contribution in [0.1, 0.15) is 40.0 Å². The van der Waals surface area contributed by atoms with Gasteiger partial charge in [-0.15, -0.1) is 0 Å². The summed E-state index contributed by atoms with van der Waals surface area (Å²) >= 11 is 0. The molecule has 0 atom stereocenters. The Labute approximate surface area is 169 Å². The molecule has 29 heavy (non-hydrogen) atoms. The van der Waals surface area contributed by atoms with Gasteiger partial charge in [0.25, 0.3) is 15.9 Å². The molecular weight excluding hydrogens is 396 g/mol. The maximum absolute atomic E-state index is 13.0. The van der Waals surface area contributed by atoms with Crippen molar-refractivity contribution in [2.75, 3.05) is 24.9 Å². The highest BCUT2D eigenvalue weighted by Crippen LogP contribution is 2.29. The van der Waals surface area contributed by atoms with E-state index in [1.54, 1.807) is 23.1 Å². The van der Waals surface area contributed by atoms with Crippen molar-refractivity contribution in [1.29, 1.82) is 0 Å². The Bertz CT molecular complexity index is 1030. The first-order valence-electron chi connectivity index (χ1n) is 9.16. The molecule has 1 aliphatic rings. The van der Waals surface area contributed by atoms with Gasteiger partial charge in [-0.25, -0.2) is 13.2 Å². The highest BCUT2D eigenvalue weighted by atomic mass is 32.2. The summed E-state index contributed by atoms with van der Waals surface area (Å²) in [6.07, 6.45) is 2.90. The minimum absolute atomic E-state index is 0.00216. The van der Waals surface area contributed by atoms with Crippen molar-refractivity contribution in [2.24, 2.45) is 0 Å². The number of aromatic carboxylic acids is 1. The van der Waals surface area contributed by atoms with Gasteiger partial charge in [-0.1, -0.05) is 12.1 Å². The average Bonchev–Trinajstić information content (AvgIpc) is 2.73. The molecule has 9 heteroatoms. The zero-order valence-electron chi connectivity index (χ0n) is 15.9. The Hall–Kier alpha value is -3.07. The van der Waals surface area contributed by atoms with Crippen LogP contribution in [-0.4, -0.2) is 50.5 Å². The lowest BCUT2D eigenvalue weighted by Gasteiger charge is -2.27. The molecule has 0 bridgehead atoms. The molecule has 0 aromatic heterocycles. The van der Waals surface area contributed by atoms with Gasteiger partial charge in [0, 0.05) is 13.1 Å². The standard InChI is InChI=1S/C20H22N2O6S/c1-28-17-10-9-14(20(24)25)13-18(17)29(26,27)21-16-8-4-3-7-15(16)19(23)22-11-5-2-6-12-22/h3-4,7-10,13,21H,2,5-6,11-12H2,1H3,(H,24,25). The first kappa shape index (κ1) is 20.7. The molecule has 1 heterocycles. The predicted molar refractivity (Wildman–Crippen MR) is 107 cm³/mol. The van der Waals surface area contributed by atoms with Crippen molar-refractivity contribution in [1.82, 2.24) is 4.90 Å². The number of hydrogen-bond donors (Lipinski definition) is 2. The number of piperidine rings is 1. The second-order valence-corrected chi connectivity index (χ2v) is 8.33. The first-order chi connectivity index (χ1) is 13.8. The Balaban J connectivity index is 1.97. The summed E-state index contributed by atoms with van der Waals surface area (Å²) in [5.41, 5.74) is 0.182. The highest BCUT2D eigenvalue weighted by molar-refractivity contribution is 7.92. The number of para-hydroxylation sites is 1. The summed E-state index contributed by atoms with van der Waals surface area (Å²) in [5.74, 6) is -1.50. The summed E-state index contributed by atoms with van der Waals surface area (Å²) in [5, 5.41) is 9.18. The zero-order chi connectivity index (χ0) is 21.0. The molecule has 3 rings (SSSR count). The molecular formula is C20H22N2O6S. The van der Waals surface area contributed by atoms with E-state index in [0.29, 0.717) is 13.1 Å². The molecule has 2 aromatic rings. The predicted octanol–water partition coefficient (Wildman–Crippen LogP) is 2.82. The smallest absolute Gasteiger partial charge is 0.335 e. The summed E-state index contributed by atoms with van der Waals surface area (Å²) < 4.78 is 33.5. The number of carboxylic acids is 1. The van der Waals surface area contributed by atoms with Crippen LogP contribution < -0.4 is 9.46 Å². The van der Waals surface area contributed by atoms with E-state index < -0.39 is 16.0 Å². The third kappa shape index (κ3) is 4.51. The normalized spacial score (nSPS) is 14.3. The van der Waals surface area contributed by atoms with Crippen LogP contribution >= 0.6 is 0 Å². The van der Waals surface area contributed by atoms with Gasteiger partial charge in [0.2, 0.25) is 0 Å². The lowest BCUT2D eigenvalue weighted by molar-refractivity contribution is 0.0694. The molecule has 0 radical (unpaired) electrons. The number of likely N-dealkylation sites (tertiary alicyclic amines) is 1. The SMILES string of the molecule is COc1ccc(C(=O)O)cc1S(=O)(=O)Nc1ccccc1C(=O)N1CCCCC1. The summed E-state index contributed by atoms with van der Waals surface area (Å²) in [6.45, 7) is 1.27. The Morgan fingerprint density at radius 1 is 1.07 bits per heavy atom. The monoisotopic (exact) mass is 418 g/mol. The van der Waals surface area contributed by atoms with Crippen molar-refractivity contribution in [3.8, 4) is 5.75 Å². The fourth-order valence-corrected chi connectivity index (χ4v) is 4.52. The highest BCUT2D eigenvalue weighted by Gasteiger charge is 2.26. The molecule has 1 amide bonds. The van der Waals surface area contributed by atoms with Crippen LogP contribution in [0.3, 0.4) is 0 Å². The van der Waals surface area contributed by atoms with Gasteiger partial charge < -0.3 is 14.7 Å². The van der Waals surface area contributed by atoms with E-state index in [2.05, 4.69) is 4.72 Å². The van der Waals surface area contributed by atoms with Gasteiger partial charge in [-0.3, -0.25) is 9.52 Å². The number of ether oxygens (including phenoxy) is 1. The maximum Gasteiger partial charge on any atom is 0.335 e. The summed E-state index contributed by atoms with van der Waals surface area (Å²) in [7, 11) is -2.91. The molecule has 2 aromatic carbocycles. The number of carbonyl (C=O) groups excluding carboxylic acids is 1. The number of anilines is 1. The van der Waals surface area contributed by atoms with Gasteiger partial charge in [-0.05, 0) is 49.6 Å². The van der Waals surface area contributed by atoms with E-state index in [0.717, 1.165) is 25.3 Å². The molecule has 1 saturated heterocycles. The van der Waals surface area contributed by atoms with Gasteiger partial charge in [0.1, 0.15) is 10.6 Å². The molecule has 2 N–H and O–H groups in total. The van der Waals surface area contributed by atoms with Crippen molar-refractivity contribution in [3.05, 3.63) is 53.6 Å². The van der Waals surface area contributed by atoms with E-state index in [4.69, 9.17) is 4.74 Å². The fourth-order valence-electron chi connectivity index (χ4n) is 3.25. The van der Waals surface area contributed by atoms with Crippen molar-refractivity contribution in [2.45, 2.75) is 24.2 Å². The van der Waals surface area contributed by atoms with Crippen LogP contribution in [-0.2, 0) is 10.0 Å². The van der Waals surface area contributed by atoms with E-state index in [9.17, 15) is 23.1 Å². The third-order valence-corrected chi connectivity index (χ3v) is 6.13. The van der Waals surface area contributed by atoms with Gasteiger partial charge in [0.15, 0.2) is 0 Å². The molecule has 0 unspecified atom stereocenters. The first-order valence-corrected chi connectivity index (χ1v) is 10.6. The Kier molecular flexibility index (Phi) is 6.07.